The van der Waals surface area contributed by atoms with E-state index in [1.54, 1.807) is 4.90 Å². The van der Waals surface area contributed by atoms with E-state index in [1.807, 2.05) is 27.7 Å². The topological polar surface area (TPSA) is 98.1 Å². The van der Waals surface area contributed by atoms with E-state index in [0.29, 0.717) is 11.4 Å². The Morgan fingerprint density at radius 3 is 2.32 bits per heavy atom. The van der Waals surface area contributed by atoms with Gasteiger partial charge in [-0.05, 0) is 33.3 Å². The number of rotatable bonds is 5. The Bertz CT molecular complexity index is 515. The van der Waals surface area contributed by atoms with Gasteiger partial charge in [0.05, 0.1) is 17.8 Å². The van der Waals surface area contributed by atoms with E-state index < -0.39 is 5.91 Å². The second-order valence-corrected chi connectivity index (χ2v) is 5.10. The zero-order chi connectivity index (χ0) is 14.7. The summed E-state index contributed by atoms with van der Waals surface area (Å²) in [4.78, 5) is 13.2. The van der Waals surface area contributed by atoms with Crippen molar-refractivity contribution < 1.29 is 4.79 Å². The highest BCUT2D eigenvalue weighted by molar-refractivity contribution is 7.80. The molecule has 0 fully saturated rings. The van der Waals surface area contributed by atoms with Crippen LogP contribution in [0.1, 0.15) is 30.7 Å². The molecule has 0 spiro atoms. The lowest BCUT2D eigenvalue weighted by molar-refractivity contribution is -0.116. The number of amides is 1. The molecule has 19 heavy (non-hydrogen) atoms. The van der Waals surface area contributed by atoms with Crippen LogP contribution in [0.2, 0.25) is 0 Å². The number of hydrogen-bond acceptors (Lipinski definition) is 5. The zero-order valence-electron chi connectivity index (χ0n) is 11.6. The third-order valence-corrected chi connectivity index (χ3v) is 3.11. The second-order valence-electron chi connectivity index (χ2n) is 4.66. The SMILES string of the molecule is Cc1nnc(N(CC(N)=O)C(C)C)c(C(N)=S)c1C. The predicted molar refractivity (Wildman–Crippen MR) is 79.1 cm³/mol. The Labute approximate surface area is 118 Å². The predicted octanol–water partition coefficient (Wildman–Crippen LogP) is 0.428. The molecule has 0 atom stereocenters. The summed E-state index contributed by atoms with van der Waals surface area (Å²) in [6.45, 7) is 7.63. The number of carbonyl (C=O) groups excluding carboxylic acids is 1. The molecule has 104 valence electrons. The molecule has 0 aliphatic carbocycles. The van der Waals surface area contributed by atoms with Crippen LogP contribution < -0.4 is 16.4 Å². The molecular formula is C12H19N5OS. The average Bonchev–Trinajstić information content (AvgIpc) is 2.28. The Hall–Kier alpha value is -1.76. The Balaban J connectivity index is 3.42. The van der Waals surface area contributed by atoms with Gasteiger partial charge in [-0.15, -0.1) is 5.10 Å². The Kier molecular flexibility index (Phi) is 4.77. The fourth-order valence-corrected chi connectivity index (χ4v) is 2.01. The van der Waals surface area contributed by atoms with Gasteiger partial charge in [0, 0.05) is 6.04 Å². The van der Waals surface area contributed by atoms with Crippen molar-refractivity contribution in [1.29, 1.82) is 0 Å². The molecule has 7 heteroatoms. The first kappa shape index (κ1) is 15.3. The highest BCUT2D eigenvalue weighted by Crippen LogP contribution is 2.23. The molecule has 0 saturated carbocycles. The summed E-state index contributed by atoms with van der Waals surface area (Å²) in [5.41, 5.74) is 13.3. The lowest BCUT2D eigenvalue weighted by Crippen LogP contribution is -2.40. The average molecular weight is 281 g/mol. The van der Waals surface area contributed by atoms with Crippen molar-refractivity contribution >= 4 is 28.9 Å². The van der Waals surface area contributed by atoms with Crippen LogP contribution in [-0.2, 0) is 4.79 Å². The van der Waals surface area contributed by atoms with E-state index in [2.05, 4.69) is 10.2 Å². The van der Waals surface area contributed by atoms with Crippen molar-refractivity contribution in [2.45, 2.75) is 33.7 Å². The third kappa shape index (κ3) is 3.37. The smallest absolute Gasteiger partial charge is 0.237 e. The molecule has 1 rings (SSSR count). The van der Waals surface area contributed by atoms with Crippen LogP contribution in [0.25, 0.3) is 0 Å². The summed E-state index contributed by atoms with van der Waals surface area (Å²) in [6, 6.07) is 0.0250. The Morgan fingerprint density at radius 1 is 1.32 bits per heavy atom. The van der Waals surface area contributed by atoms with Crippen molar-refractivity contribution in [3.63, 3.8) is 0 Å². The van der Waals surface area contributed by atoms with Crippen molar-refractivity contribution in [3.8, 4) is 0 Å². The molecule has 0 bridgehead atoms. The van der Waals surface area contributed by atoms with Crippen LogP contribution in [0.4, 0.5) is 5.82 Å². The van der Waals surface area contributed by atoms with Crippen LogP contribution in [-0.4, -0.2) is 33.7 Å². The van der Waals surface area contributed by atoms with Gasteiger partial charge >= 0.3 is 0 Å². The number of aromatic nitrogens is 2. The first-order chi connectivity index (χ1) is 8.75. The molecule has 0 aliphatic rings. The van der Waals surface area contributed by atoms with Crippen molar-refractivity contribution in [1.82, 2.24) is 10.2 Å². The summed E-state index contributed by atoms with van der Waals surface area (Å²) in [5.74, 6) is 0.0621. The lowest BCUT2D eigenvalue weighted by atomic mass is 10.1. The molecule has 1 aromatic rings. The maximum absolute atomic E-state index is 11.2. The van der Waals surface area contributed by atoms with Gasteiger partial charge in [0.15, 0.2) is 5.82 Å². The molecule has 6 nitrogen and oxygen atoms in total. The van der Waals surface area contributed by atoms with Crippen molar-refractivity contribution in [3.05, 3.63) is 16.8 Å². The summed E-state index contributed by atoms with van der Waals surface area (Å²) in [5, 5.41) is 8.21. The minimum Gasteiger partial charge on any atom is -0.389 e. The van der Waals surface area contributed by atoms with Gasteiger partial charge < -0.3 is 16.4 Å². The van der Waals surface area contributed by atoms with Crippen LogP contribution in [0.15, 0.2) is 0 Å². The normalized spacial score (nSPS) is 10.6. The van der Waals surface area contributed by atoms with Gasteiger partial charge in [0.2, 0.25) is 5.91 Å². The highest BCUT2D eigenvalue weighted by Gasteiger charge is 2.22. The summed E-state index contributed by atoms with van der Waals surface area (Å²) < 4.78 is 0. The first-order valence-corrected chi connectivity index (χ1v) is 6.35. The zero-order valence-corrected chi connectivity index (χ0v) is 12.4. The molecular weight excluding hydrogens is 262 g/mol. The minimum atomic E-state index is -0.442. The van der Waals surface area contributed by atoms with Crippen molar-refractivity contribution in [2.75, 3.05) is 11.4 Å². The quantitative estimate of drug-likeness (QED) is 0.759. The maximum atomic E-state index is 11.2. The third-order valence-electron chi connectivity index (χ3n) is 2.90. The molecule has 0 aliphatic heterocycles. The number of primary amides is 1. The number of hydrogen-bond donors (Lipinski definition) is 2. The molecule has 1 heterocycles. The van der Waals surface area contributed by atoms with E-state index >= 15 is 0 Å². The number of carbonyl (C=O) groups is 1. The monoisotopic (exact) mass is 281 g/mol. The van der Waals surface area contributed by atoms with E-state index in [0.717, 1.165) is 11.3 Å². The van der Waals surface area contributed by atoms with Gasteiger partial charge in [-0.25, -0.2) is 0 Å². The highest BCUT2D eigenvalue weighted by atomic mass is 32.1. The number of nitrogens with two attached hydrogens (primary N) is 2. The molecule has 0 saturated heterocycles. The molecule has 0 aromatic carbocycles. The molecule has 0 radical (unpaired) electrons. The van der Waals surface area contributed by atoms with E-state index in [4.69, 9.17) is 23.7 Å². The summed E-state index contributed by atoms with van der Waals surface area (Å²) >= 11 is 5.08. The van der Waals surface area contributed by atoms with Gasteiger partial charge in [-0.3, -0.25) is 4.79 Å². The van der Waals surface area contributed by atoms with Gasteiger partial charge in [0.25, 0.3) is 0 Å². The molecule has 4 N–H and O–H groups in total. The van der Waals surface area contributed by atoms with Crippen LogP contribution in [0.3, 0.4) is 0 Å². The Morgan fingerprint density at radius 2 is 1.89 bits per heavy atom. The molecule has 1 amide bonds. The number of anilines is 1. The summed E-state index contributed by atoms with van der Waals surface area (Å²) in [7, 11) is 0. The van der Waals surface area contributed by atoms with E-state index in [-0.39, 0.29) is 17.6 Å². The molecule has 1 aromatic heterocycles. The van der Waals surface area contributed by atoms with Crippen LogP contribution >= 0.6 is 12.2 Å². The van der Waals surface area contributed by atoms with Crippen LogP contribution in [0.5, 0.6) is 0 Å². The standard InChI is InChI=1S/C12H19N5OS/c1-6(2)17(5-9(13)18)12-10(11(14)19)7(3)8(4)15-16-12/h6H,5H2,1-4H3,(H2,13,18)(H2,14,19). The number of thiocarbonyl (C=S) groups is 1. The summed E-state index contributed by atoms with van der Waals surface area (Å²) in [6.07, 6.45) is 0. The second kappa shape index (κ2) is 5.92. The maximum Gasteiger partial charge on any atom is 0.237 e. The van der Waals surface area contributed by atoms with Gasteiger partial charge in [-0.2, -0.15) is 5.10 Å². The fourth-order valence-electron chi connectivity index (χ4n) is 1.76. The number of nitrogens with zero attached hydrogens (tertiary/aromatic N) is 3. The van der Waals surface area contributed by atoms with Gasteiger partial charge in [-0.1, -0.05) is 12.2 Å². The van der Waals surface area contributed by atoms with E-state index in [9.17, 15) is 4.79 Å². The molecule has 0 unspecified atom stereocenters. The fraction of sp³-hybridized carbons (Fsp3) is 0.500. The largest absolute Gasteiger partial charge is 0.389 e. The van der Waals surface area contributed by atoms with Crippen LogP contribution in [0, 0.1) is 13.8 Å². The minimum absolute atomic E-state index is 0.0250. The first-order valence-electron chi connectivity index (χ1n) is 5.94. The van der Waals surface area contributed by atoms with Crippen molar-refractivity contribution in [2.24, 2.45) is 11.5 Å². The van der Waals surface area contributed by atoms with E-state index in [1.165, 1.54) is 0 Å². The van der Waals surface area contributed by atoms with Gasteiger partial charge in [0.1, 0.15) is 4.99 Å². The lowest BCUT2D eigenvalue weighted by Gasteiger charge is -2.28. The number of aryl methyl sites for hydroxylation is 1.